The van der Waals surface area contributed by atoms with Crippen LogP contribution in [-0.2, 0) is 0 Å². The highest BCUT2D eigenvalue weighted by atomic mass is 35.5. The van der Waals surface area contributed by atoms with Gasteiger partial charge >= 0.3 is 5.69 Å². The van der Waals surface area contributed by atoms with E-state index in [0.29, 0.717) is 22.8 Å². The molecule has 27 heavy (non-hydrogen) atoms. The molecule has 0 amide bonds. The highest BCUT2D eigenvalue weighted by molar-refractivity contribution is 7.07. The van der Waals surface area contributed by atoms with Gasteiger partial charge in [-0.15, -0.1) is 17.9 Å². The molecule has 138 valence electrons. The summed E-state index contributed by atoms with van der Waals surface area (Å²) in [5.74, 6) is 0.0536. The molecule has 3 aromatic rings. The van der Waals surface area contributed by atoms with Crippen LogP contribution < -0.4 is 4.80 Å². The summed E-state index contributed by atoms with van der Waals surface area (Å²) in [4.78, 5) is 15.3. The molecule has 0 atom stereocenters. The first kappa shape index (κ1) is 18.6. The van der Waals surface area contributed by atoms with Gasteiger partial charge in [0.25, 0.3) is 0 Å². The summed E-state index contributed by atoms with van der Waals surface area (Å²) in [6.07, 6.45) is 4.46. The van der Waals surface area contributed by atoms with E-state index in [4.69, 9.17) is 16.0 Å². The maximum Gasteiger partial charge on any atom is 0.312 e. The summed E-state index contributed by atoms with van der Waals surface area (Å²) in [6.45, 7) is 4.03. The number of rotatable bonds is 6. The van der Waals surface area contributed by atoms with Crippen LogP contribution in [0, 0.1) is 10.1 Å². The first-order chi connectivity index (χ1) is 13.0. The number of nitrogens with zero attached hydrogens (tertiary/aromatic N) is 4. The number of nitro groups is 1. The van der Waals surface area contributed by atoms with Crippen molar-refractivity contribution < 1.29 is 14.4 Å². The van der Waals surface area contributed by atoms with Gasteiger partial charge in [-0.3, -0.25) is 15.1 Å². The Balaban J connectivity index is 2.11. The molecule has 10 heteroatoms. The number of phenols is 1. The Morgan fingerprint density at radius 2 is 2.30 bits per heavy atom. The Morgan fingerprint density at radius 1 is 1.48 bits per heavy atom. The van der Waals surface area contributed by atoms with Crippen molar-refractivity contribution in [3.8, 4) is 17.2 Å². The molecule has 0 unspecified atom stereocenters. The lowest BCUT2D eigenvalue weighted by atomic mass is 10.2. The van der Waals surface area contributed by atoms with E-state index < -0.39 is 16.4 Å². The molecule has 0 aliphatic carbocycles. The first-order valence-corrected chi connectivity index (χ1v) is 8.84. The normalized spacial score (nSPS) is 12.0. The number of benzene rings is 1. The smallest absolute Gasteiger partial charge is 0.312 e. The minimum absolute atomic E-state index is 0.105. The zero-order chi connectivity index (χ0) is 19.4. The number of halogens is 1. The maximum absolute atomic E-state index is 11.0. The van der Waals surface area contributed by atoms with Crippen LogP contribution >= 0.6 is 22.9 Å². The lowest BCUT2D eigenvalue weighted by molar-refractivity contribution is -0.385. The van der Waals surface area contributed by atoms with Crippen LogP contribution in [0.15, 0.2) is 63.1 Å². The Kier molecular flexibility index (Phi) is 5.53. The molecule has 1 N–H and O–H groups in total. The minimum Gasteiger partial charge on any atom is -0.502 e. The molecule has 8 nitrogen and oxygen atoms in total. The lowest BCUT2D eigenvalue weighted by Crippen LogP contribution is -2.12. The second kappa shape index (κ2) is 8.02. The predicted octanol–water partition coefficient (Wildman–Crippen LogP) is 4.05. The highest BCUT2D eigenvalue weighted by Gasteiger charge is 2.18. The van der Waals surface area contributed by atoms with E-state index in [1.54, 1.807) is 18.2 Å². The summed E-state index contributed by atoms with van der Waals surface area (Å²) in [6, 6.07) is 5.97. The third kappa shape index (κ3) is 3.99. The predicted molar refractivity (Wildman–Crippen MR) is 103 cm³/mol. The molecular formula is C17H13ClN4O4S. The topological polar surface area (TPSA) is 106 Å². The molecule has 0 fully saturated rings. The van der Waals surface area contributed by atoms with E-state index in [1.807, 2.05) is 5.38 Å². The molecule has 0 aliphatic rings. The van der Waals surface area contributed by atoms with Gasteiger partial charge in [-0.25, -0.2) is 4.68 Å². The van der Waals surface area contributed by atoms with Crippen molar-refractivity contribution in [1.29, 1.82) is 0 Å². The van der Waals surface area contributed by atoms with Crippen molar-refractivity contribution in [2.75, 3.05) is 6.54 Å². The number of nitro benzene ring substituents is 1. The molecule has 0 radical (unpaired) electrons. The van der Waals surface area contributed by atoms with Crippen molar-refractivity contribution in [2.45, 2.75) is 0 Å². The molecule has 0 saturated carbocycles. The monoisotopic (exact) mass is 404 g/mol. The van der Waals surface area contributed by atoms with Crippen molar-refractivity contribution in [3.63, 3.8) is 0 Å². The number of hydrogen-bond acceptors (Lipinski definition) is 7. The molecular weight excluding hydrogens is 392 g/mol. The van der Waals surface area contributed by atoms with Crippen molar-refractivity contribution in [3.05, 3.63) is 74.1 Å². The van der Waals surface area contributed by atoms with E-state index in [0.717, 1.165) is 6.07 Å². The van der Waals surface area contributed by atoms with Crippen LogP contribution in [0.5, 0.6) is 5.75 Å². The standard InChI is InChI=1S/C17H13ClN4O4S/c1-2-5-19-17-21(14(10-27-17)15-4-3-6-26-15)20-9-11-7-12(18)8-13(16(11)23)22(24)25/h2-4,6-10,23H,1,5H2. The van der Waals surface area contributed by atoms with E-state index in [2.05, 4.69) is 16.7 Å². The number of hydrogen-bond donors (Lipinski definition) is 1. The Labute approximate surface area is 162 Å². The fraction of sp³-hybridized carbons (Fsp3) is 0.0588. The summed E-state index contributed by atoms with van der Waals surface area (Å²) in [5, 5.41) is 27.4. The van der Waals surface area contributed by atoms with Crippen LogP contribution in [0.25, 0.3) is 11.5 Å². The molecule has 0 saturated heterocycles. The molecule has 3 rings (SSSR count). The van der Waals surface area contributed by atoms with Gasteiger partial charge in [-0.1, -0.05) is 17.7 Å². The fourth-order valence-electron chi connectivity index (χ4n) is 2.22. The van der Waals surface area contributed by atoms with Crippen LogP contribution in [-0.4, -0.2) is 27.5 Å². The van der Waals surface area contributed by atoms with E-state index in [-0.39, 0.29) is 10.6 Å². The van der Waals surface area contributed by atoms with E-state index >= 15 is 0 Å². The number of aromatic nitrogens is 1. The second-order valence-electron chi connectivity index (χ2n) is 5.19. The minimum atomic E-state index is -0.713. The Bertz CT molecular complexity index is 1080. The Morgan fingerprint density at radius 3 is 2.96 bits per heavy atom. The average Bonchev–Trinajstić information content (AvgIpc) is 3.29. The zero-order valence-corrected chi connectivity index (χ0v) is 15.4. The quantitative estimate of drug-likeness (QED) is 0.289. The molecule has 0 spiro atoms. The number of thiazole rings is 1. The lowest BCUT2D eigenvalue weighted by Gasteiger charge is -2.03. The summed E-state index contributed by atoms with van der Waals surface area (Å²) in [7, 11) is 0. The number of aromatic hydroxyl groups is 1. The largest absolute Gasteiger partial charge is 0.502 e. The second-order valence-corrected chi connectivity index (χ2v) is 6.46. The van der Waals surface area contributed by atoms with E-state index in [9.17, 15) is 15.2 Å². The summed E-state index contributed by atoms with van der Waals surface area (Å²) < 4.78 is 6.93. The summed E-state index contributed by atoms with van der Waals surface area (Å²) in [5.41, 5.74) is 0.246. The van der Waals surface area contributed by atoms with Gasteiger partial charge in [0.05, 0.1) is 23.9 Å². The third-order valence-corrected chi connectivity index (χ3v) is 4.48. The first-order valence-electron chi connectivity index (χ1n) is 7.58. The molecule has 0 aliphatic heterocycles. The van der Waals surface area contributed by atoms with Gasteiger partial charge in [-0.2, -0.15) is 5.10 Å². The van der Waals surface area contributed by atoms with Crippen LogP contribution in [0.3, 0.4) is 0 Å². The van der Waals surface area contributed by atoms with E-state index in [1.165, 1.54) is 34.6 Å². The SMILES string of the molecule is C=CCN=c1scc(-c2ccco2)n1N=Cc1cc(Cl)cc([N+](=O)[O-])c1O. The van der Waals surface area contributed by atoms with Crippen molar-refractivity contribution in [1.82, 2.24) is 4.68 Å². The van der Waals surface area contributed by atoms with Crippen LogP contribution in [0.1, 0.15) is 5.56 Å². The number of furan rings is 1. The fourth-order valence-corrected chi connectivity index (χ4v) is 3.27. The molecule has 0 bridgehead atoms. The maximum atomic E-state index is 11.0. The number of phenolic OH excluding ortho intramolecular Hbond substituents is 1. The molecule has 2 heterocycles. The van der Waals surface area contributed by atoms with Gasteiger partial charge in [0, 0.05) is 22.0 Å². The van der Waals surface area contributed by atoms with Gasteiger partial charge in [0.2, 0.25) is 10.6 Å². The average molecular weight is 405 g/mol. The Hall–Kier alpha value is -3.17. The van der Waals surface area contributed by atoms with Gasteiger partial charge < -0.3 is 9.52 Å². The van der Waals surface area contributed by atoms with Crippen LogP contribution in [0.2, 0.25) is 5.02 Å². The molecule has 1 aromatic carbocycles. The van der Waals surface area contributed by atoms with Gasteiger partial charge in [0.15, 0.2) is 5.76 Å². The van der Waals surface area contributed by atoms with Crippen molar-refractivity contribution in [2.24, 2.45) is 10.1 Å². The van der Waals surface area contributed by atoms with Crippen molar-refractivity contribution >= 4 is 34.8 Å². The van der Waals surface area contributed by atoms with Gasteiger partial charge in [-0.05, 0) is 18.2 Å². The molecule has 2 aromatic heterocycles. The van der Waals surface area contributed by atoms with Crippen LogP contribution in [0.4, 0.5) is 5.69 Å². The zero-order valence-electron chi connectivity index (χ0n) is 13.8. The summed E-state index contributed by atoms with van der Waals surface area (Å²) >= 11 is 7.26. The van der Waals surface area contributed by atoms with Gasteiger partial charge in [0.1, 0.15) is 5.69 Å². The highest BCUT2D eigenvalue weighted by Crippen LogP contribution is 2.32. The third-order valence-electron chi connectivity index (χ3n) is 3.41.